The Morgan fingerprint density at radius 2 is 1.78 bits per heavy atom. The van der Waals surface area contributed by atoms with E-state index < -0.39 is 11.9 Å². The van der Waals surface area contributed by atoms with Gasteiger partial charge in [-0.3, -0.25) is 9.59 Å². The van der Waals surface area contributed by atoms with Crippen molar-refractivity contribution in [1.29, 1.82) is 0 Å². The Labute approximate surface area is 138 Å². The summed E-state index contributed by atoms with van der Waals surface area (Å²) in [7, 11) is 0. The van der Waals surface area contributed by atoms with Crippen molar-refractivity contribution in [3.8, 4) is 0 Å². The summed E-state index contributed by atoms with van der Waals surface area (Å²) in [5.41, 5.74) is 1.40. The molecule has 6 heteroatoms. The molecule has 2 aromatic carbocycles. The third-order valence-corrected chi connectivity index (χ3v) is 3.43. The quantitative estimate of drug-likeness (QED) is 0.826. The first-order valence-electron chi connectivity index (χ1n) is 6.95. The van der Waals surface area contributed by atoms with E-state index in [1.165, 1.54) is 24.3 Å². The van der Waals surface area contributed by atoms with Crippen molar-refractivity contribution in [2.45, 2.75) is 13.0 Å². The van der Waals surface area contributed by atoms with Crippen LogP contribution >= 0.6 is 11.6 Å². The molecule has 1 amide bonds. The van der Waals surface area contributed by atoms with Crippen molar-refractivity contribution < 1.29 is 18.7 Å². The summed E-state index contributed by atoms with van der Waals surface area (Å²) in [5.74, 6) is -1.34. The van der Waals surface area contributed by atoms with Gasteiger partial charge < -0.3 is 10.1 Å². The summed E-state index contributed by atoms with van der Waals surface area (Å²) in [6, 6.07) is 12.6. The fraction of sp³-hybridized carbons (Fsp3) is 0.176. The van der Waals surface area contributed by atoms with E-state index in [9.17, 15) is 14.0 Å². The summed E-state index contributed by atoms with van der Waals surface area (Å²) in [5, 5.41) is 3.17. The van der Waals surface area contributed by atoms with Crippen molar-refractivity contribution >= 4 is 23.5 Å². The number of ether oxygens (including phenoxy) is 1. The van der Waals surface area contributed by atoms with E-state index in [2.05, 4.69) is 5.32 Å². The van der Waals surface area contributed by atoms with E-state index in [4.69, 9.17) is 16.3 Å². The molecule has 4 nitrogen and oxygen atoms in total. The van der Waals surface area contributed by atoms with Crippen LogP contribution in [0.4, 0.5) is 4.39 Å². The van der Waals surface area contributed by atoms with Gasteiger partial charge in [0.1, 0.15) is 5.82 Å². The van der Waals surface area contributed by atoms with Crippen LogP contribution in [0.5, 0.6) is 0 Å². The maximum atomic E-state index is 12.8. The molecule has 1 N–H and O–H groups in total. The van der Waals surface area contributed by atoms with Crippen molar-refractivity contribution in [1.82, 2.24) is 5.32 Å². The maximum Gasteiger partial charge on any atom is 0.310 e. The predicted molar refractivity (Wildman–Crippen MR) is 84.4 cm³/mol. The smallest absolute Gasteiger partial charge is 0.310 e. The van der Waals surface area contributed by atoms with Crippen molar-refractivity contribution in [2.75, 3.05) is 6.61 Å². The van der Waals surface area contributed by atoms with E-state index in [0.717, 1.165) is 5.56 Å². The average molecular weight is 336 g/mol. The summed E-state index contributed by atoms with van der Waals surface area (Å²) >= 11 is 5.97. The minimum atomic E-state index is -0.551. The second-order valence-electron chi connectivity index (χ2n) is 4.83. The van der Waals surface area contributed by atoms with Gasteiger partial charge in [0, 0.05) is 11.6 Å². The number of amides is 1. The molecule has 0 unspecified atom stereocenters. The van der Waals surface area contributed by atoms with Crippen LogP contribution in [0.25, 0.3) is 0 Å². The Balaban J connectivity index is 1.72. The Bertz CT molecular complexity index is 688. The number of rotatable bonds is 6. The van der Waals surface area contributed by atoms with E-state index in [-0.39, 0.29) is 25.4 Å². The van der Waals surface area contributed by atoms with Gasteiger partial charge in [0.25, 0.3) is 5.91 Å². The lowest BCUT2D eigenvalue weighted by atomic mass is 10.1. The first kappa shape index (κ1) is 17.0. The van der Waals surface area contributed by atoms with E-state index >= 15 is 0 Å². The molecule has 0 aromatic heterocycles. The normalized spacial score (nSPS) is 10.2. The molecule has 0 aliphatic rings. The Kier molecular flexibility index (Phi) is 6.11. The lowest BCUT2D eigenvalue weighted by molar-refractivity contribution is -0.147. The molecule has 0 heterocycles. The minimum absolute atomic E-state index is 0.0158. The zero-order chi connectivity index (χ0) is 16.7. The highest BCUT2D eigenvalue weighted by atomic mass is 35.5. The molecular weight excluding hydrogens is 321 g/mol. The van der Waals surface area contributed by atoms with Crippen LogP contribution in [-0.4, -0.2) is 18.5 Å². The molecule has 0 saturated heterocycles. The first-order valence-corrected chi connectivity index (χ1v) is 7.32. The second-order valence-corrected chi connectivity index (χ2v) is 5.24. The van der Waals surface area contributed by atoms with E-state index in [1.807, 2.05) is 6.07 Å². The zero-order valence-corrected chi connectivity index (χ0v) is 13.0. The number of hydrogen-bond acceptors (Lipinski definition) is 3. The lowest BCUT2D eigenvalue weighted by Gasteiger charge is -2.08. The van der Waals surface area contributed by atoms with Crippen molar-refractivity contribution in [2.24, 2.45) is 0 Å². The fourth-order valence-corrected chi connectivity index (χ4v) is 2.06. The van der Waals surface area contributed by atoms with E-state index in [0.29, 0.717) is 10.6 Å². The largest absolute Gasteiger partial charge is 0.455 e. The average Bonchev–Trinajstić information content (AvgIpc) is 2.54. The maximum absolute atomic E-state index is 12.8. The highest BCUT2D eigenvalue weighted by Gasteiger charge is 2.09. The Morgan fingerprint density at radius 1 is 1.09 bits per heavy atom. The zero-order valence-electron chi connectivity index (χ0n) is 12.2. The second kappa shape index (κ2) is 8.29. The number of benzene rings is 2. The van der Waals surface area contributed by atoms with Crippen LogP contribution in [0.15, 0.2) is 48.5 Å². The molecule has 0 aliphatic heterocycles. The molecular formula is C17H15ClFNO3. The third kappa shape index (κ3) is 5.71. The third-order valence-electron chi connectivity index (χ3n) is 3.06. The highest BCUT2D eigenvalue weighted by Crippen LogP contribution is 2.14. The number of halogens is 2. The minimum Gasteiger partial charge on any atom is -0.455 e. The monoisotopic (exact) mass is 335 g/mol. The van der Waals surface area contributed by atoms with Gasteiger partial charge in [0.2, 0.25) is 0 Å². The lowest BCUT2D eigenvalue weighted by Crippen LogP contribution is -2.28. The number of nitrogens with one attached hydrogen (secondary N) is 1. The van der Waals surface area contributed by atoms with Crippen LogP contribution < -0.4 is 5.32 Å². The highest BCUT2D eigenvalue weighted by molar-refractivity contribution is 6.31. The van der Waals surface area contributed by atoms with Crippen LogP contribution in [0.3, 0.4) is 0 Å². The van der Waals surface area contributed by atoms with Crippen molar-refractivity contribution in [3.05, 3.63) is 70.5 Å². The summed E-state index contributed by atoms with van der Waals surface area (Å²) in [6.45, 7) is -0.113. The molecule has 0 bridgehead atoms. The number of carbonyl (C=O) groups excluding carboxylic acids is 2. The number of hydrogen-bond donors (Lipinski definition) is 1. The van der Waals surface area contributed by atoms with Gasteiger partial charge in [-0.2, -0.15) is 0 Å². The molecule has 0 spiro atoms. The van der Waals surface area contributed by atoms with Crippen LogP contribution in [0, 0.1) is 5.82 Å². The first-order chi connectivity index (χ1) is 11.0. The Morgan fingerprint density at radius 3 is 2.48 bits per heavy atom. The molecule has 0 saturated carbocycles. The van der Waals surface area contributed by atoms with Crippen LogP contribution in [0.2, 0.25) is 5.02 Å². The SMILES string of the molecule is O=C(COC(=O)Cc1ccc(F)cc1)NCc1ccccc1Cl. The summed E-state index contributed by atoms with van der Waals surface area (Å²) < 4.78 is 17.6. The standard InChI is InChI=1S/C17H15ClFNO3/c18-15-4-2-1-3-13(15)10-20-16(21)11-23-17(22)9-12-5-7-14(19)8-6-12/h1-8H,9-11H2,(H,20,21). The molecule has 120 valence electrons. The summed E-state index contributed by atoms with van der Waals surface area (Å²) in [4.78, 5) is 23.3. The summed E-state index contributed by atoms with van der Waals surface area (Å²) in [6.07, 6.45) is -0.0158. The van der Waals surface area contributed by atoms with Crippen LogP contribution in [0.1, 0.15) is 11.1 Å². The van der Waals surface area contributed by atoms with Gasteiger partial charge in [0.15, 0.2) is 6.61 Å². The molecule has 0 atom stereocenters. The Hall–Kier alpha value is -2.40. The van der Waals surface area contributed by atoms with Gasteiger partial charge in [-0.1, -0.05) is 41.9 Å². The van der Waals surface area contributed by atoms with Gasteiger partial charge in [-0.15, -0.1) is 0 Å². The number of carbonyl (C=O) groups is 2. The molecule has 0 radical (unpaired) electrons. The van der Waals surface area contributed by atoms with Gasteiger partial charge in [-0.05, 0) is 29.3 Å². The predicted octanol–water partition coefficient (Wildman–Crippen LogP) is 2.88. The van der Waals surface area contributed by atoms with Gasteiger partial charge >= 0.3 is 5.97 Å². The fourth-order valence-electron chi connectivity index (χ4n) is 1.85. The molecule has 2 rings (SSSR count). The van der Waals surface area contributed by atoms with Crippen LogP contribution in [-0.2, 0) is 27.3 Å². The van der Waals surface area contributed by atoms with Gasteiger partial charge in [-0.25, -0.2) is 4.39 Å². The molecule has 2 aromatic rings. The molecule has 23 heavy (non-hydrogen) atoms. The van der Waals surface area contributed by atoms with E-state index in [1.54, 1.807) is 18.2 Å². The molecule has 0 aliphatic carbocycles. The van der Waals surface area contributed by atoms with Gasteiger partial charge in [0.05, 0.1) is 6.42 Å². The topological polar surface area (TPSA) is 55.4 Å². The number of esters is 1. The molecule has 0 fully saturated rings. The van der Waals surface area contributed by atoms with Crippen molar-refractivity contribution in [3.63, 3.8) is 0 Å².